The Morgan fingerprint density at radius 1 is 0.588 bits per heavy atom. The van der Waals surface area contributed by atoms with Gasteiger partial charge < -0.3 is 4.90 Å². The average molecular weight is 446 g/mol. The molecule has 0 saturated carbocycles. The highest BCUT2D eigenvalue weighted by molar-refractivity contribution is 5.88. The Balaban J connectivity index is 1.74. The summed E-state index contributed by atoms with van der Waals surface area (Å²) in [7, 11) is 0. The smallest absolute Gasteiger partial charge is 0.0451 e. The molecule has 4 aromatic rings. The first-order valence-electron chi connectivity index (χ1n) is 12.3. The van der Waals surface area contributed by atoms with Crippen LogP contribution in [0.3, 0.4) is 0 Å². The number of anilines is 2. The Bertz CT molecular complexity index is 1370. The predicted octanol–water partition coefficient (Wildman–Crippen LogP) is 9.21. The minimum Gasteiger partial charge on any atom is -0.336 e. The maximum Gasteiger partial charge on any atom is 0.0451 e. The molecule has 5 rings (SSSR count). The van der Waals surface area contributed by atoms with E-state index in [1.54, 1.807) is 0 Å². The maximum absolute atomic E-state index is 2.52. The fourth-order valence-corrected chi connectivity index (χ4v) is 5.61. The van der Waals surface area contributed by atoms with Crippen molar-refractivity contribution in [2.24, 2.45) is 0 Å². The zero-order chi connectivity index (χ0) is 24.3. The first-order chi connectivity index (χ1) is 16.1. The highest BCUT2D eigenvalue weighted by Crippen LogP contribution is 2.52. The van der Waals surface area contributed by atoms with Crippen molar-refractivity contribution in [3.8, 4) is 22.3 Å². The van der Waals surface area contributed by atoms with E-state index in [2.05, 4.69) is 138 Å². The van der Waals surface area contributed by atoms with Crippen LogP contribution in [-0.2, 0) is 5.41 Å². The van der Waals surface area contributed by atoms with Crippen LogP contribution in [0.2, 0.25) is 0 Å². The van der Waals surface area contributed by atoms with Crippen molar-refractivity contribution in [2.45, 2.75) is 59.4 Å². The molecule has 0 heterocycles. The second-order valence-corrected chi connectivity index (χ2v) is 11.2. The number of para-hydroxylation sites is 1. The van der Waals surface area contributed by atoms with Gasteiger partial charge in [-0.25, -0.2) is 0 Å². The first kappa shape index (κ1) is 22.5. The van der Waals surface area contributed by atoms with E-state index in [1.807, 2.05) is 0 Å². The first-order valence-corrected chi connectivity index (χ1v) is 12.3. The number of hydrogen-bond acceptors (Lipinski definition) is 1. The molecule has 1 aliphatic carbocycles. The molecule has 0 amide bonds. The van der Waals surface area contributed by atoms with Gasteiger partial charge in [0.2, 0.25) is 0 Å². The van der Waals surface area contributed by atoms with Gasteiger partial charge in [-0.1, -0.05) is 80.6 Å². The minimum atomic E-state index is -0.0616. The van der Waals surface area contributed by atoms with Crippen molar-refractivity contribution in [1.82, 2.24) is 0 Å². The number of hydrogen-bond donors (Lipinski definition) is 0. The zero-order valence-electron chi connectivity index (χ0n) is 21.5. The number of nitrogens with zero attached hydrogens (tertiary/aromatic N) is 1. The number of rotatable bonds is 3. The molecule has 0 saturated heterocycles. The summed E-state index contributed by atoms with van der Waals surface area (Å²) in [5.74, 6) is 0. The summed E-state index contributed by atoms with van der Waals surface area (Å²) in [4.78, 5) is 2.52. The second-order valence-electron chi connectivity index (χ2n) is 11.2. The third-order valence-electron chi connectivity index (χ3n) is 7.37. The van der Waals surface area contributed by atoms with E-state index >= 15 is 0 Å². The lowest BCUT2D eigenvalue weighted by molar-refractivity contribution is 0.558. The van der Waals surface area contributed by atoms with Gasteiger partial charge in [0.15, 0.2) is 0 Å². The average Bonchev–Trinajstić information content (AvgIpc) is 3.01. The molecule has 0 aliphatic heterocycles. The molecule has 0 aromatic heterocycles. The summed E-state index contributed by atoms with van der Waals surface area (Å²) in [6, 6.07) is 31.3. The lowest BCUT2D eigenvalue weighted by Gasteiger charge is -2.40. The van der Waals surface area contributed by atoms with Crippen molar-refractivity contribution >= 4 is 11.4 Å². The molecule has 0 bridgehead atoms. The normalized spacial score (nSPS) is 14.0. The maximum atomic E-state index is 2.52. The van der Waals surface area contributed by atoms with Crippen LogP contribution in [0.15, 0.2) is 84.9 Å². The van der Waals surface area contributed by atoms with Gasteiger partial charge in [0.1, 0.15) is 0 Å². The quantitative estimate of drug-likeness (QED) is 0.304. The SMILES string of the molecule is Cc1ccccc1N(c1cc2c(cc1C)C(C)(C)c1ccc(-c3ccccc3)cc1-2)C(C)(C)C. The molecular formula is C33H35N. The monoisotopic (exact) mass is 445 g/mol. The van der Waals surface area contributed by atoms with Crippen LogP contribution in [0.5, 0.6) is 0 Å². The molecule has 0 radical (unpaired) electrons. The molecule has 1 nitrogen and oxygen atoms in total. The van der Waals surface area contributed by atoms with Crippen LogP contribution in [0.25, 0.3) is 22.3 Å². The molecule has 1 heteroatoms. The van der Waals surface area contributed by atoms with Gasteiger partial charge in [0.05, 0.1) is 0 Å². The van der Waals surface area contributed by atoms with E-state index < -0.39 is 0 Å². The van der Waals surface area contributed by atoms with Crippen LogP contribution in [0, 0.1) is 13.8 Å². The Morgan fingerprint density at radius 2 is 1.24 bits per heavy atom. The minimum absolute atomic E-state index is 0.0155. The van der Waals surface area contributed by atoms with Crippen LogP contribution in [0.1, 0.15) is 56.9 Å². The molecule has 34 heavy (non-hydrogen) atoms. The van der Waals surface area contributed by atoms with E-state index in [4.69, 9.17) is 0 Å². The highest BCUT2D eigenvalue weighted by atomic mass is 15.2. The third kappa shape index (κ3) is 3.55. The lowest BCUT2D eigenvalue weighted by Crippen LogP contribution is -2.38. The standard InChI is InChI=1S/C33H35N/c1-22-13-11-12-16-30(22)34(32(3,4)5)31-21-27-26-20-25(24-14-9-8-10-15-24)17-18-28(26)33(6,7)29(27)19-23(31)2/h8-21H,1-7H3. The molecule has 4 aromatic carbocycles. The summed E-state index contributed by atoms with van der Waals surface area (Å²) in [6.07, 6.45) is 0. The van der Waals surface area contributed by atoms with E-state index in [0.717, 1.165) is 0 Å². The largest absolute Gasteiger partial charge is 0.336 e. The Morgan fingerprint density at radius 3 is 1.91 bits per heavy atom. The summed E-state index contributed by atoms with van der Waals surface area (Å²) in [5, 5.41) is 0. The summed E-state index contributed by atoms with van der Waals surface area (Å²) in [5.41, 5.74) is 13.2. The third-order valence-corrected chi connectivity index (χ3v) is 7.37. The summed E-state index contributed by atoms with van der Waals surface area (Å²) < 4.78 is 0. The second kappa shape index (κ2) is 7.87. The van der Waals surface area contributed by atoms with Crippen LogP contribution in [-0.4, -0.2) is 5.54 Å². The Labute approximate surface area is 205 Å². The van der Waals surface area contributed by atoms with Gasteiger partial charge >= 0.3 is 0 Å². The predicted molar refractivity (Wildman–Crippen MR) is 147 cm³/mol. The summed E-state index contributed by atoms with van der Waals surface area (Å²) in [6.45, 7) is 16.1. The van der Waals surface area contributed by atoms with Crippen molar-refractivity contribution in [1.29, 1.82) is 0 Å². The molecule has 1 aliphatic rings. The van der Waals surface area contributed by atoms with Crippen molar-refractivity contribution < 1.29 is 0 Å². The fourth-order valence-electron chi connectivity index (χ4n) is 5.61. The number of benzene rings is 4. The molecule has 0 fully saturated rings. The van der Waals surface area contributed by atoms with Crippen molar-refractivity contribution in [3.05, 3.63) is 107 Å². The molecule has 0 spiro atoms. The topological polar surface area (TPSA) is 3.24 Å². The number of aryl methyl sites for hydroxylation is 2. The molecule has 0 unspecified atom stereocenters. The van der Waals surface area contributed by atoms with Gasteiger partial charge in [0, 0.05) is 22.3 Å². The van der Waals surface area contributed by atoms with E-state index in [0.29, 0.717) is 0 Å². The Hall–Kier alpha value is -3.32. The van der Waals surface area contributed by atoms with Crippen LogP contribution in [0.4, 0.5) is 11.4 Å². The number of fused-ring (bicyclic) bond motifs is 3. The van der Waals surface area contributed by atoms with Gasteiger partial charge in [-0.3, -0.25) is 0 Å². The molecule has 0 N–H and O–H groups in total. The Kier molecular flexibility index (Phi) is 5.20. The lowest BCUT2D eigenvalue weighted by atomic mass is 9.81. The van der Waals surface area contributed by atoms with Crippen LogP contribution < -0.4 is 4.90 Å². The summed E-state index contributed by atoms with van der Waals surface area (Å²) >= 11 is 0. The van der Waals surface area contributed by atoms with Gasteiger partial charge in [-0.2, -0.15) is 0 Å². The molecule has 172 valence electrons. The van der Waals surface area contributed by atoms with Gasteiger partial charge in [-0.05, 0) is 97.3 Å². The van der Waals surface area contributed by atoms with E-state index in [-0.39, 0.29) is 11.0 Å². The van der Waals surface area contributed by atoms with Gasteiger partial charge in [0.25, 0.3) is 0 Å². The van der Waals surface area contributed by atoms with E-state index in [9.17, 15) is 0 Å². The van der Waals surface area contributed by atoms with Crippen molar-refractivity contribution in [3.63, 3.8) is 0 Å². The van der Waals surface area contributed by atoms with Gasteiger partial charge in [-0.15, -0.1) is 0 Å². The molecular weight excluding hydrogens is 410 g/mol. The zero-order valence-corrected chi connectivity index (χ0v) is 21.5. The highest BCUT2D eigenvalue weighted by Gasteiger charge is 2.37. The van der Waals surface area contributed by atoms with Crippen LogP contribution >= 0.6 is 0 Å². The fraction of sp³-hybridized carbons (Fsp3) is 0.273. The van der Waals surface area contributed by atoms with E-state index in [1.165, 1.54) is 55.9 Å². The van der Waals surface area contributed by atoms with Crippen molar-refractivity contribution in [2.75, 3.05) is 4.90 Å². The molecule has 0 atom stereocenters.